The third-order valence-corrected chi connectivity index (χ3v) is 2.06. The number of aromatic nitrogens is 3. The summed E-state index contributed by atoms with van der Waals surface area (Å²) in [6.07, 6.45) is 1.76. The molecule has 0 saturated heterocycles. The molecule has 2 rings (SSSR count). The SMILES string of the molecule is Cn1nncc1CNc1ccccc1. The first-order chi connectivity index (χ1) is 6.86. The van der Waals surface area contributed by atoms with Crippen molar-refractivity contribution in [1.82, 2.24) is 15.0 Å². The van der Waals surface area contributed by atoms with Crippen LogP contribution in [0.25, 0.3) is 0 Å². The summed E-state index contributed by atoms with van der Waals surface area (Å²) in [5.41, 5.74) is 2.17. The average Bonchev–Trinajstić information content (AvgIpc) is 2.63. The maximum atomic E-state index is 3.86. The number of rotatable bonds is 3. The van der Waals surface area contributed by atoms with Crippen LogP contribution in [0.5, 0.6) is 0 Å². The van der Waals surface area contributed by atoms with E-state index in [0.717, 1.165) is 17.9 Å². The third-order valence-electron chi connectivity index (χ3n) is 2.06. The quantitative estimate of drug-likeness (QED) is 0.792. The number of benzene rings is 1. The number of aryl methyl sites for hydroxylation is 1. The first kappa shape index (κ1) is 8.74. The Morgan fingerprint density at radius 1 is 1.29 bits per heavy atom. The molecule has 1 N–H and O–H groups in total. The van der Waals surface area contributed by atoms with Gasteiger partial charge < -0.3 is 5.32 Å². The number of nitrogens with zero attached hydrogens (tertiary/aromatic N) is 3. The lowest BCUT2D eigenvalue weighted by molar-refractivity contribution is 0.683. The summed E-state index contributed by atoms with van der Waals surface area (Å²) in [6, 6.07) is 10.1. The maximum Gasteiger partial charge on any atom is 0.0774 e. The summed E-state index contributed by atoms with van der Waals surface area (Å²) < 4.78 is 1.76. The van der Waals surface area contributed by atoms with Gasteiger partial charge in [0.2, 0.25) is 0 Å². The van der Waals surface area contributed by atoms with Crippen LogP contribution in [0.4, 0.5) is 5.69 Å². The molecule has 1 heterocycles. The Balaban J connectivity index is 1.99. The summed E-state index contributed by atoms with van der Waals surface area (Å²) in [5, 5.41) is 10.9. The maximum absolute atomic E-state index is 3.86. The van der Waals surface area contributed by atoms with Crippen molar-refractivity contribution in [2.75, 3.05) is 5.32 Å². The third kappa shape index (κ3) is 1.90. The number of nitrogens with one attached hydrogen (secondary N) is 1. The standard InChI is InChI=1S/C10H12N4/c1-14-10(8-12-13-14)7-11-9-5-3-2-4-6-9/h2-6,8,11H,7H2,1H3. The van der Waals surface area contributed by atoms with E-state index in [4.69, 9.17) is 0 Å². The van der Waals surface area contributed by atoms with Crippen molar-refractivity contribution in [1.29, 1.82) is 0 Å². The van der Waals surface area contributed by atoms with Crippen LogP contribution in [0.15, 0.2) is 36.5 Å². The van der Waals surface area contributed by atoms with Crippen molar-refractivity contribution in [3.63, 3.8) is 0 Å². The largest absolute Gasteiger partial charge is 0.379 e. The molecule has 1 aromatic heterocycles. The highest BCUT2D eigenvalue weighted by atomic mass is 15.4. The second-order valence-corrected chi connectivity index (χ2v) is 3.07. The van der Waals surface area contributed by atoms with E-state index < -0.39 is 0 Å². The van der Waals surface area contributed by atoms with Gasteiger partial charge in [0.1, 0.15) is 0 Å². The molecule has 14 heavy (non-hydrogen) atoms. The highest BCUT2D eigenvalue weighted by Crippen LogP contribution is 2.06. The highest BCUT2D eigenvalue weighted by molar-refractivity contribution is 5.42. The summed E-state index contributed by atoms with van der Waals surface area (Å²) in [4.78, 5) is 0. The van der Waals surface area contributed by atoms with E-state index in [9.17, 15) is 0 Å². The van der Waals surface area contributed by atoms with Crippen LogP contribution in [0.2, 0.25) is 0 Å². The summed E-state index contributed by atoms with van der Waals surface area (Å²) >= 11 is 0. The molecular weight excluding hydrogens is 176 g/mol. The van der Waals surface area contributed by atoms with Crippen LogP contribution in [0.3, 0.4) is 0 Å². The predicted octanol–water partition coefficient (Wildman–Crippen LogP) is 1.43. The van der Waals surface area contributed by atoms with Gasteiger partial charge in [-0.1, -0.05) is 23.4 Å². The van der Waals surface area contributed by atoms with Crippen molar-refractivity contribution in [3.8, 4) is 0 Å². The van der Waals surface area contributed by atoms with E-state index >= 15 is 0 Å². The zero-order valence-corrected chi connectivity index (χ0v) is 8.01. The van der Waals surface area contributed by atoms with Gasteiger partial charge in [-0.05, 0) is 12.1 Å². The molecule has 2 aromatic rings. The summed E-state index contributed by atoms with van der Waals surface area (Å²) in [7, 11) is 1.88. The van der Waals surface area contributed by atoms with E-state index in [1.807, 2.05) is 37.4 Å². The molecule has 0 spiro atoms. The van der Waals surface area contributed by atoms with Crippen LogP contribution < -0.4 is 5.32 Å². The first-order valence-corrected chi connectivity index (χ1v) is 4.49. The molecule has 1 aromatic carbocycles. The molecule has 72 valence electrons. The molecule has 0 aliphatic heterocycles. The van der Waals surface area contributed by atoms with Crippen molar-refractivity contribution in [3.05, 3.63) is 42.2 Å². The van der Waals surface area contributed by atoms with Gasteiger partial charge in [0, 0.05) is 12.7 Å². The van der Waals surface area contributed by atoms with E-state index in [1.165, 1.54) is 0 Å². The molecule has 0 radical (unpaired) electrons. The molecule has 0 unspecified atom stereocenters. The van der Waals surface area contributed by atoms with Gasteiger partial charge in [0.05, 0.1) is 18.4 Å². The van der Waals surface area contributed by atoms with Crippen LogP contribution in [-0.4, -0.2) is 15.0 Å². The summed E-state index contributed by atoms with van der Waals surface area (Å²) in [6.45, 7) is 0.744. The summed E-state index contributed by atoms with van der Waals surface area (Å²) in [5.74, 6) is 0. The molecule has 0 aliphatic rings. The molecule has 0 fully saturated rings. The number of hydrogen-bond donors (Lipinski definition) is 1. The average molecular weight is 188 g/mol. The lowest BCUT2D eigenvalue weighted by Crippen LogP contribution is -2.05. The molecule has 0 saturated carbocycles. The smallest absolute Gasteiger partial charge is 0.0774 e. The van der Waals surface area contributed by atoms with E-state index in [0.29, 0.717) is 0 Å². The second-order valence-electron chi connectivity index (χ2n) is 3.07. The highest BCUT2D eigenvalue weighted by Gasteiger charge is 1.98. The topological polar surface area (TPSA) is 42.7 Å². The van der Waals surface area contributed by atoms with Crippen molar-refractivity contribution < 1.29 is 0 Å². The van der Waals surface area contributed by atoms with Crippen LogP contribution in [-0.2, 0) is 13.6 Å². The van der Waals surface area contributed by atoms with Crippen LogP contribution in [0.1, 0.15) is 5.69 Å². The van der Waals surface area contributed by atoms with Crippen molar-refractivity contribution in [2.45, 2.75) is 6.54 Å². The first-order valence-electron chi connectivity index (χ1n) is 4.49. The molecule has 0 atom stereocenters. The molecule has 0 bridgehead atoms. The minimum Gasteiger partial charge on any atom is -0.379 e. The fraction of sp³-hybridized carbons (Fsp3) is 0.200. The van der Waals surface area contributed by atoms with Gasteiger partial charge >= 0.3 is 0 Å². The molecule has 4 heteroatoms. The minimum atomic E-state index is 0.744. The van der Waals surface area contributed by atoms with E-state index in [1.54, 1.807) is 10.9 Å². The van der Waals surface area contributed by atoms with Gasteiger partial charge in [-0.2, -0.15) is 0 Å². The minimum absolute atomic E-state index is 0.744. The fourth-order valence-electron chi connectivity index (χ4n) is 1.22. The van der Waals surface area contributed by atoms with E-state index in [-0.39, 0.29) is 0 Å². The Hall–Kier alpha value is -1.84. The Morgan fingerprint density at radius 3 is 2.71 bits per heavy atom. The zero-order chi connectivity index (χ0) is 9.80. The Kier molecular flexibility index (Phi) is 2.44. The molecule has 4 nitrogen and oxygen atoms in total. The van der Waals surface area contributed by atoms with Gasteiger partial charge in [-0.25, -0.2) is 0 Å². The van der Waals surface area contributed by atoms with Gasteiger partial charge in [-0.3, -0.25) is 4.68 Å². The second kappa shape index (κ2) is 3.91. The van der Waals surface area contributed by atoms with Crippen LogP contribution >= 0.6 is 0 Å². The molecular formula is C10H12N4. The Labute approximate surface area is 82.6 Å². The predicted molar refractivity (Wildman–Crippen MR) is 54.8 cm³/mol. The lowest BCUT2D eigenvalue weighted by Gasteiger charge is -2.04. The fourth-order valence-corrected chi connectivity index (χ4v) is 1.22. The normalized spacial score (nSPS) is 10.1. The van der Waals surface area contributed by atoms with E-state index in [2.05, 4.69) is 15.6 Å². The monoisotopic (exact) mass is 188 g/mol. The van der Waals surface area contributed by atoms with Crippen molar-refractivity contribution >= 4 is 5.69 Å². The molecule has 0 amide bonds. The van der Waals surface area contributed by atoms with Gasteiger partial charge in [0.25, 0.3) is 0 Å². The molecule has 0 aliphatic carbocycles. The number of para-hydroxylation sites is 1. The lowest BCUT2D eigenvalue weighted by atomic mass is 10.3. The number of anilines is 1. The van der Waals surface area contributed by atoms with Crippen LogP contribution in [0, 0.1) is 0 Å². The number of hydrogen-bond acceptors (Lipinski definition) is 3. The van der Waals surface area contributed by atoms with Gasteiger partial charge in [0.15, 0.2) is 0 Å². The van der Waals surface area contributed by atoms with Gasteiger partial charge in [-0.15, -0.1) is 5.10 Å². The van der Waals surface area contributed by atoms with Crippen molar-refractivity contribution in [2.24, 2.45) is 7.05 Å². The Bertz CT molecular complexity index is 394. The Morgan fingerprint density at radius 2 is 2.07 bits per heavy atom. The zero-order valence-electron chi connectivity index (χ0n) is 8.01.